The third kappa shape index (κ3) is 4.79. The van der Waals surface area contributed by atoms with Crippen molar-refractivity contribution in [3.05, 3.63) is 34.9 Å². The van der Waals surface area contributed by atoms with Crippen LogP contribution < -0.4 is 5.32 Å². The van der Waals surface area contributed by atoms with Crippen LogP contribution in [-0.2, 0) is 9.53 Å². The number of carbonyl (C=O) groups excluding carboxylic acids is 1. The van der Waals surface area contributed by atoms with Gasteiger partial charge < -0.3 is 15.2 Å². The van der Waals surface area contributed by atoms with Gasteiger partial charge in [-0.2, -0.15) is 0 Å². The van der Waals surface area contributed by atoms with E-state index < -0.39 is 18.1 Å². The Morgan fingerprint density at radius 2 is 2.00 bits per heavy atom. The minimum Gasteiger partial charge on any atom is -0.479 e. The fourth-order valence-electron chi connectivity index (χ4n) is 1.38. The number of carboxylic acids is 1. The van der Waals surface area contributed by atoms with Crippen molar-refractivity contribution in [1.82, 2.24) is 5.32 Å². The first-order chi connectivity index (χ1) is 8.91. The summed E-state index contributed by atoms with van der Waals surface area (Å²) in [6.07, 6.45) is -0.777. The molecule has 5 nitrogen and oxygen atoms in total. The standard InChI is InChI=1S/C13H16ClNO4/c1-8(2)7-19-13(18)15-11(12(16)17)9-5-3-4-6-10(9)14/h3-6,8,11H,7H2,1-2H3,(H,15,18)(H,16,17)/t11-/m1/s1. The summed E-state index contributed by atoms with van der Waals surface area (Å²) in [5, 5.41) is 11.7. The Balaban J connectivity index is 2.77. The number of halogens is 1. The molecule has 0 radical (unpaired) electrons. The average molecular weight is 286 g/mol. The van der Waals surface area contributed by atoms with Gasteiger partial charge in [-0.25, -0.2) is 9.59 Å². The van der Waals surface area contributed by atoms with E-state index in [2.05, 4.69) is 5.32 Å². The smallest absolute Gasteiger partial charge is 0.408 e. The lowest BCUT2D eigenvalue weighted by Crippen LogP contribution is -2.34. The van der Waals surface area contributed by atoms with E-state index in [4.69, 9.17) is 21.4 Å². The minimum absolute atomic E-state index is 0.175. The lowest BCUT2D eigenvalue weighted by Gasteiger charge is -2.16. The lowest BCUT2D eigenvalue weighted by atomic mass is 10.1. The topological polar surface area (TPSA) is 75.6 Å². The van der Waals surface area contributed by atoms with E-state index in [9.17, 15) is 9.59 Å². The number of carboxylic acid groups (broad SMARTS) is 1. The van der Waals surface area contributed by atoms with Gasteiger partial charge in [-0.05, 0) is 12.0 Å². The Bertz CT molecular complexity index is 462. The van der Waals surface area contributed by atoms with Crippen LogP contribution >= 0.6 is 11.6 Å². The first-order valence-corrected chi connectivity index (χ1v) is 6.20. The third-order valence-electron chi connectivity index (χ3n) is 2.27. The van der Waals surface area contributed by atoms with E-state index in [-0.39, 0.29) is 17.5 Å². The summed E-state index contributed by atoms with van der Waals surface area (Å²) in [7, 11) is 0. The van der Waals surface area contributed by atoms with Crippen molar-refractivity contribution in [2.45, 2.75) is 19.9 Å². The van der Waals surface area contributed by atoms with Crippen molar-refractivity contribution < 1.29 is 19.4 Å². The maximum Gasteiger partial charge on any atom is 0.408 e. The van der Waals surface area contributed by atoms with Crippen molar-refractivity contribution in [3.63, 3.8) is 0 Å². The second kappa shape index (κ2) is 6.99. The van der Waals surface area contributed by atoms with Crippen molar-refractivity contribution in [1.29, 1.82) is 0 Å². The second-order valence-electron chi connectivity index (χ2n) is 4.43. The van der Waals surface area contributed by atoms with Crippen LogP contribution in [-0.4, -0.2) is 23.8 Å². The number of alkyl carbamates (subject to hydrolysis) is 1. The highest BCUT2D eigenvalue weighted by Crippen LogP contribution is 2.22. The normalized spacial score (nSPS) is 12.0. The molecule has 0 aromatic heterocycles. The number of aliphatic carboxylic acids is 1. The molecule has 2 N–H and O–H groups in total. The minimum atomic E-state index is -1.23. The van der Waals surface area contributed by atoms with E-state index in [1.54, 1.807) is 24.3 Å². The van der Waals surface area contributed by atoms with Gasteiger partial charge in [0.25, 0.3) is 0 Å². The SMILES string of the molecule is CC(C)COC(=O)N[C@@H](C(=O)O)c1ccccc1Cl. The van der Waals surface area contributed by atoms with Crippen molar-refractivity contribution >= 4 is 23.7 Å². The summed E-state index contributed by atoms with van der Waals surface area (Å²) in [5.41, 5.74) is 0.318. The zero-order valence-corrected chi connectivity index (χ0v) is 11.5. The third-order valence-corrected chi connectivity index (χ3v) is 2.62. The molecule has 0 bridgehead atoms. The molecule has 0 saturated heterocycles. The van der Waals surface area contributed by atoms with E-state index >= 15 is 0 Å². The number of nitrogens with one attached hydrogen (secondary N) is 1. The van der Waals surface area contributed by atoms with Crippen molar-refractivity contribution in [2.75, 3.05) is 6.61 Å². The Labute approximate surface area is 116 Å². The maximum absolute atomic E-state index is 11.5. The molecular formula is C13H16ClNO4. The number of hydrogen-bond donors (Lipinski definition) is 2. The first-order valence-electron chi connectivity index (χ1n) is 5.82. The van der Waals surface area contributed by atoms with Gasteiger partial charge in [0, 0.05) is 10.6 Å². The molecule has 1 amide bonds. The number of amides is 1. The average Bonchev–Trinajstić information content (AvgIpc) is 2.34. The molecule has 1 aromatic carbocycles. The molecule has 6 heteroatoms. The van der Waals surface area contributed by atoms with E-state index in [0.717, 1.165) is 0 Å². The van der Waals surface area contributed by atoms with Gasteiger partial charge in [0.1, 0.15) is 0 Å². The van der Waals surface area contributed by atoms with Crippen LogP contribution in [0.15, 0.2) is 24.3 Å². The van der Waals surface area contributed by atoms with Gasteiger partial charge in [0.05, 0.1) is 6.61 Å². The summed E-state index contributed by atoms with van der Waals surface area (Å²) >= 11 is 5.92. The summed E-state index contributed by atoms with van der Waals surface area (Å²) in [6, 6.07) is 5.21. The molecule has 1 rings (SSSR count). The first kappa shape index (κ1) is 15.3. The zero-order valence-electron chi connectivity index (χ0n) is 10.7. The number of benzene rings is 1. The molecule has 0 aliphatic rings. The van der Waals surface area contributed by atoms with E-state index in [0.29, 0.717) is 5.56 Å². The van der Waals surface area contributed by atoms with E-state index in [1.165, 1.54) is 0 Å². The fourth-order valence-corrected chi connectivity index (χ4v) is 1.63. The number of rotatable bonds is 5. The van der Waals surface area contributed by atoms with Crippen LogP contribution in [0.2, 0.25) is 5.02 Å². The van der Waals surface area contributed by atoms with Crippen molar-refractivity contribution in [3.8, 4) is 0 Å². The number of carbonyl (C=O) groups is 2. The van der Waals surface area contributed by atoms with Gasteiger partial charge in [-0.3, -0.25) is 0 Å². The molecule has 0 spiro atoms. The number of hydrogen-bond acceptors (Lipinski definition) is 3. The van der Waals surface area contributed by atoms with Crippen LogP contribution in [0, 0.1) is 5.92 Å². The molecule has 0 aliphatic heterocycles. The van der Waals surface area contributed by atoms with E-state index in [1.807, 2.05) is 13.8 Å². The van der Waals surface area contributed by atoms with Crippen LogP contribution in [0.5, 0.6) is 0 Å². The molecule has 1 atom stereocenters. The van der Waals surface area contributed by atoms with Gasteiger partial charge in [-0.15, -0.1) is 0 Å². The van der Waals surface area contributed by atoms with Crippen LogP contribution in [0.25, 0.3) is 0 Å². The lowest BCUT2D eigenvalue weighted by molar-refractivity contribution is -0.139. The highest BCUT2D eigenvalue weighted by molar-refractivity contribution is 6.31. The van der Waals surface area contributed by atoms with Crippen LogP contribution in [0.3, 0.4) is 0 Å². The molecule has 19 heavy (non-hydrogen) atoms. The Hall–Kier alpha value is -1.75. The van der Waals surface area contributed by atoms with Gasteiger partial charge in [-0.1, -0.05) is 43.6 Å². The molecular weight excluding hydrogens is 270 g/mol. The fraction of sp³-hybridized carbons (Fsp3) is 0.385. The van der Waals surface area contributed by atoms with Crippen LogP contribution in [0.1, 0.15) is 25.5 Å². The summed E-state index contributed by atoms with van der Waals surface area (Å²) in [5.74, 6) is -1.02. The Morgan fingerprint density at radius 3 is 2.53 bits per heavy atom. The molecule has 0 aliphatic carbocycles. The Morgan fingerprint density at radius 1 is 1.37 bits per heavy atom. The maximum atomic E-state index is 11.5. The molecule has 1 aromatic rings. The zero-order chi connectivity index (χ0) is 14.4. The molecule has 0 unspecified atom stereocenters. The Kier molecular flexibility index (Phi) is 5.63. The van der Waals surface area contributed by atoms with Crippen LogP contribution in [0.4, 0.5) is 4.79 Å². The summed E-state index contributed by atoms with van der Waals surface area (Å²) in [4.78, 5) is 22.7. The summed E-state index contributed by atoms with van der Waals surface area (Å²) < 4.78 is 4.89. The predicted octanol–water partition coefficient (Wildman–Crippen LogP) is 2.85. The largest absolute Gasteiger partial charge is 0.479 e. The van der Waals surface area contributed by atoms with Gasteiger partial charge in [0.2, 0.25) is 0 Å². The highest BCUT2D eigenvalue weighted by Gasteiger charge is 2.24. The number of ether oxygens (including phenoxy) is 1. The molecule has 104 valence electrons. The summed E-state index contributed by atoms with van der Waals surface area (Å²) in [6.45, 7) is 3.99. The second-order valence-corrected chi connectivity index (χ2v) is 4.84. The highest BCUT2D eigenvalue weighted by atomic mass is 35.5. The quantitative estimate of drug-likeness (QED) is 0.872. The predicted molar refractivity (Wildman–Crippen MR) is 71.2 cm³/mol. The molecule has 0 fully saturated rings. The molecule has 0 heterocycles. The van der Waals surface area contributed by atoms with Gasteiger partial charge >= 0.3 is 12.1 Å². The monoisotopic (exact) mass is 285 g/mol. The van der Waals surface area contributed by atoms with Crippen molar-refractivity contribution in [2.24, 2.45) is 5.92 Å². The molecule has 0 saturated carbocycles. The van der Waals surface area contributed by atoms with Gasteiger partial charge in [0.15, 0.2) is 6.04 Å².